The van der Waals surface area contributed by atoms with Crippen LogP contribution in [0.1, 0.15) is 40.0 Å². The second-order valence-corrected chi connectivity index (χ2v) is 6.09. The number of hydrogen-bond donors (Lipinski definition) is 2. The van der Waals surface area contributed by atoms with Crippen LogP contribution in [-0.4, -0.2) is 36.9 Å². The minimum absolute atomic E-state index is 0.155. The van der Waals surface area contributed by atoms with Crippen LogP contribution in [0.15, 0.2) is 24.3 Å². The number of benzene rings is 1. The maximum Gasteiger partial charge on any atom is 0.123 e. The van der Waals surface area contributed by atoms with Gasteiger partial charge in [0.15, 0.2) is 0 Å². The first-order valence-corrected chi connectivity index (χ1v) is 7.77. The van der Waals surface area contributed by atoms with E-state index in [0.29, 0.717) is 6.04 Å². The highest BCUT2D eigenvalue weighted by Crippen LogP contribution is 2.20. The molecule has 0 saturated heterocycles. The van der Waals surface area contributed by atoms with Crippen molar-refractivity contribution >= 4 is 5.69 Å². The first-order valence-electron chi connectivity index (χ1n) is 7.77. The van der Waals surface area contributed by atoms with Gasteiger partial charge in [0.05, 0.1) is 6.61 Å². The topological polar surface area (TPSA) is 35.5 Å². The van der Waals surface area contributed by atoms with E-state index in [0.717, 1.165) is 31.5 Å². The van der Waals surface area contributed by atoms with Crippen molar-refractivity contribution in [2.24, 2.45) is 0 Å². The Bertz CT molecular complexity index is 402. The summed E-state index contributed by atoms with van der Waals surface area (Å²) in [4.78, 5) is 2.12. The first kappa shape index (κ1) is 17.9. The molecule has 4 heteroatoms. The summed E-state index contributed by atoms with van der Waals surface area (Å²) in [6.45, 7) is 7.35. The van der Waals surface area contributed by atoms with Gasteiger partial charge in [-0.25, -0.2) is 4.39 Å². The largest absolute Gasteiger partial charge is 0.394 e. The fourth-order valence-electron chi connectivity index (χ4n) is 2.68. The van der Waals surface area contributed by atoms with Crippen LogP contribution in [0.25, 0.3) is 0 Å². The highest BCUT2D eigenvalue weighted by Gasteiger charge is 2.27. The van der Waals surface area contributed by atoms with E-state index < -0.39 is 0 Å². The Labute approximate surface area is 128 Å². The summed E-state index contributed by atoms with van der Waals surface area (Å²) < 4.78 is 12.9. The fourth-order valence-corrected chi connectivity index (χ4v) is 2.68. The van der Waals surface area contributed by atoms with Gasteiger partial charge < -0.3 is 15.3 Å². The van der Waals surface area contributed by atoms with Crippen LogP contribution in [0.3, 0.4) is 0 Å². The zero-order chi connectivity index (χ0) is 15.9. The number of anilines is 1. The van der Waals surface area contributed by atoms with Gasteiger partial charge in [0.2, 0.25) is 0 Å². The lowest BCUT2D eigenvalue weighted by atomic mass is 9.90. The minimum Gasteiger partial charge on any atom is -0.394 e. The van der Waals surface area contributed by atoms with E-state index in [9.17, 15) is 9.50 Å². The van der Waals surface area contributed by atoms with Gasteiger partial charge in [-0.1, -0.05) is 20.8 Å². The Morgan fingerprint density at radius 2 is 1.90 bits per heavy atom. The van der Waals surface area contributed by atoms with E-state index in [1.165, 1.54) is 12.1 Å². The quantitative estimate of drug-likeness (QED) is 0.734. The molecule has 0 aliphatic heterocycles. The lowest BCUT2D eigenvalue weighted by Crippen LogP contribution is -2.51. The maximum absolute atomic E-state index is 12.9. The van der Waals surface area contributed by atoms with Crippen molar-refractivity contribution in [3.05, 3.63) is 30.1 Å². The fraction of sp³-hybridized carbons (Fsp3) is 0.647. The van der Waals surface area contributed by atoms with Crippen LogP contribution in [0.5, 0.6) is 0 Å². The molecule has 1 atom stereocenters. The third kappa shape index (κ3) is 5.64. The van der Waals surface area contributed by atoms with Crippen molar-refractivity contribution in [1.29, 1.82) is 0 Å². The average Bonchev–Trinajstić information content (AvgIpc) is 2.46. The van der Waals surface area contributed by atoms with Gasteiger partial charge in [-0.05, 0) is 43.5 Å². The average molecular weight is 296 g/mol. The number of nitrogens with zero attached hydrogens (tertiary/aromatic N) is 1. The molecule has 1 aromatic carbocycles. The minimum atomic E-state index is -0.210. The molecular weight excluding hydrogens is 267 g/mol. The van der Waals surface area contributed by atoms with E-state index in [1.54, 1.807) is 12.1 Å². The van der Waals surface area contributed by atoms with Gasteiger partial charge in [0, 0.05) is 30.9 Å². The van der Waals surface area contributed by atoms with Gasteiger partial charge in [-0.15, -0.1) is 0 Å². The molecule has 0 spiro atoms. The van der Waals surface area contributed by atoms with Crippen molar-refractivity contribution in [1.82, 2.24) is 5.32 Å². The zero-order valence-electron chi connectivity index (χ0n) is 13.7. The molecule has 0 aliphatic carbocycles. The van der Waals surface area contributed by atoms with Gasteiger partial charge >= 0.3 is 0 Å². The number of hydrogen-bond acceptors (Lipinski definition) is 3. The van der Waals surface area contributed by atoms with Crippen LogP contribution >= 0.6 is 0 Å². The van der Waals surface area contributed by atoms with Crippen molar-refractivity contribution < 1.29 is 9.50 Å². The summed E-state index contributed by atoms with van der Waals surface area (Å²) in [6.07, 6.45) is 2.80. The summed E-state index contributed by atoms with van der Waals surface area (Å²) in [5.74, 6) is -0.210. The molecule has 0 fully saturated rings. The molecule has 0 bridgehead atoms. The normalized spacial score (nSPS) is 14.2. The smallest absolute Gasteiger partial charge is 0.123 e. The number of nitrogens with one attached hydrogen (secondary N) is 1. The highest BCUT2D eigenvalue weighted by atomic mass is 19.1. The SMILES string of the molecule is CCC(CO)(CCCN(C)c1ccc(F)cc1)NC(C)C. The van der Waals surface area contributed by atoms with Crippen LogP contribution in [0.2, 0.25) is 0 Å². The van der Waals surface area contributed by atoms with Crippen molar-refractivity contribution in [3.8, 4) is 0 Å². The molecule has 0 heterocycles. The second kappa shape index (κ2) is 8.35. The molecule has 120 valence electrons. The number of aliphatic hydroxyl groups excluding tert-OH is 1. The van der Waals surface area contributed by atoms with Gasteiger partial charge in [0.25, 0.3) is 0 Å². The van der Waals surface area contributed by atoms with E-state index in [1.807, 2.05) is 7.05 Å². The summed E-state index contributed by atoms with van der Waals surface area (Å²) in [5, 5.41) is 13.2. The molecule has 1 aromatic rings. The van der Waals surface area contributed by atoms with E-state index in [-0.39, 0.29) is 18.0 Å². The number of rotatable bonds is 9. The van der Waals surface area contributed by atoms with Crippen LogP contribution < -0.4 is 10.2 Å². The van der Waals surface area contributed by atoms with E-state index in [4.69, 9.17) is 0 Å². The molecule has 21 heavy (non-hydrogen) atoms. The summed E-state index contributed by atoms with van der Waals surface area (Å²) in [6, 6.07) is 6.90. The van der Waals surface area contributed by atoms with E-state index in [2.05, 4.69) is 31.0 Å². The molecule has 1 unspecified atom stereocenters. The van der Waals surface area contributed by atoms with Crippen LogP contribution in [-0.2, 0) is 0 Å². The molecular formula is C17H29FN2O. The van der Waals surface area contributed by atoms with Crippen LogP contribution in [0, 0.1) is 5.82 Å². The summed E-state index contributed by atoms with van der Waals surface area (Å²) in [7, 11) is 2.01. The molecule has 0 aromatic heterocycles. The van der Waals surface area contributed by atoms with Crippen molar-refractivity contribution in [2.45, 2.75) is 51.6 Å². The predicted molar refractivity (Wildman–Crippen MR) is 87.3 cm³/mol. The van der Waals surface area contributed by atoms with E-state index >= 15 is 0 Å². The maximum atomic E-state index is 12.9. The lowest BCUT2D eigenvalue weighted by Gasteiger charge is -2.35. The van der Waals surface area contributed by atoms with Crippen LogP contribution in [0.4, 0.5) is 10.1 Å². The Morgan fingerprint density at radius 3 is 2.38 bits per heavy atom. The Kier molecular flexibility index (Phi) is 7.12. The second-order valence-electron chi connectivity index (χ2n) is 6.09. The molecule has 0 saturated carbocycles. The third-order valence-electron chi connectivity index (χ3n) is 3.99. The summed E-state index contributed by atoms with van der Waals surface area (Å²) in [5.41, 5.74) is 0.817. The molecule has 2 N–H and O–H groups in total. The molecule has 0 amide bonds. The van der Waals surface area contributed by atoms with Gasteiger partial charge in [0.1, 0.15) is 5.82 Å². The molecule has 1 rings (SSSR count). The van der Waals surface area contributed by atoms with Gasteiger partial charge in [-0.3, -0.25) is 0 Å². The Morgan fingerprint density at radius 1 is 1.29 bits per heavy atom. The predicted octanol–water partition coefficient (Wildman–Crippen LogP) is 3.18. The molecule has 0 radical (unpaired) electrons. The molecule has 3 nitrogen and oxygen atoms in total. The first-order chi connectivity index (χ1) is 9.92. The van der Waals surface area contributed by atoms with Gasteiger partial charge in [-0.2, -0.15) is 0 Å². The lowest BCUT2D eigenvalue weighted by molar-refractivity contribution is 0.136. The monoisotopic (exact) mass is 296 g/mol. The summed E-state index contributed by atoms with van der Waals surface area (Å²) >= 11 is 0. The van der Waals surface area contributed by atoms with Crippen molar-refractivity contribution in [2.75, 3.05) is 25.1 Å². The zero-order valence-corrected chi connectivity index (χ0v) is 13.7. The standard InChI is InChI=1S/C17H29FN2O/c1-5-17(13-21,19-14(2)3)11-6-12-20(4)16-9-7-15(18)8-10-16/h7-10,14,19,21H,5-6,11-13H2,1-4H3. The molecule has 0 aliphatic rings. The number of aliphatic hydroxyl groups is 1. The third-order valence-corrected chi connectivity index (χ3v) is 3.99. The number of halogens is 1. The highest BCUT2D eigenvalue weighted by molar-refractivity contribution is 5.45. The Hall–Kier alpha value is -1.13. The van der Waals surface area contributed by atoms with Crippen molar-refractivity contribution in [3.63, 3.8) is 0 Å². The Balaban J connectivity index is 2.51.